The second-order valence-corrected chi connectivity index (χ2v) is 4.07. The molecule has 0 aliphatic heterocycles. The third-order valence-electron chi connectivity index (χ3n) is 2.78. The molecule has 1 atom stereocenters. The van der Waals surface area contributed by atoms with Gasteiger partial charge in [-0.2, -0.15) is 0 Å². The molecule has 0 aromatic heterocycles. The second-order valence-electron chi connectivity index (χ2n) is 4.07. The average molecular weight is 207 g/mol. The summed E-state index contributed by atoms with van der Waals surface area (Å²) >= 11 is 0. The Morgan fingerprint density at radius 3 is 2.47 bits per heavy atom. The molecule has 1 aromatic carbocycles. The first-order chi connectivity index (χ1) is 7.10. The van der Waals surface area contributed by atoms with E-state index in [2.05, 4.69) is 32.9 Å². The molecule has 2 nitrogen and oxygen atoms in total. The minimum Gasteiger partial charge on any atom is -0.496 e. The molecule has 1 rings (SSSR count). The van der Waals surface area contributed by atoms with Crippen molar-refractivity contribution < 1.29 is 4.74 Å². The number of benzene rings is 1. The molecule has 0 saturated heterocycles. The van der Waals surface area contributed by atoms with Gasteiger partial charge in [0.2, 0.25) is 0 Å². The Labute approximate surface area is 92.4 Å². The van der Waals surface area contributed by atoms with Gasteiger partial charge in [-0.1, -0.05) is 19.4 Å². The van der Waals surface area contributed by atoms with Gasteiger partial charge in [0.25, 0.3) is 0 Å². The highest BCUT2D eigenvalue weighted by Crippen LogP contribution is 2.27. The van der Waals surface area contributed by atoms with E-state index in [9.17, 15) is 0 Å². The predicted octanol–water partition coefficient (Wildman–Crippen LogP) is 3.11. The predicted molar refractivity (Wildman–Crippen MR) is 64.3 cm³/mol. The van der Waals surface area contributed by atoms with E-state index in [1.807, 2.05) is 0 Å². The third kappa shape index (κ3) is 2.72. The highest BCUT2D eigenvalue weighted by molar-refractivity contribution is 5.42. The van der Waals surface area contributed by atoms with Gasteiger partial charge in [-0.3, -0.25) is 0 Å². The maximum atomic E-state index is 6.13. The molecule has 0 amide bonds. The van der Waals surface area contributed by atoms with Crippen molar-refractivity contribution in [2.75, 3.05) is 7.11 Å². The maximum Gasteiger partial charge on any atom is 0.122 e. The van der Waals surface area contributed by atoms with E-state index in [0.29, 0.717) is 0 Å². The van der Waals surface area contributed by atoms with Crippen LogP contribution in [0.15, 0.2) is 12.1 Å². The van der Waals surface area contributed by atoms with Crippen LogP contribution in [0.2, 0.25) is 0 Å². The quantitative estimate of drug-likeness (QED) is 0.823. The standard InChI is InChI=1S/C13H21NO/c1-5-6-12(14)11-7-10(3)13(15-4)8-9(11)2/h7-8,12H,5-6,14H2,1-4H3. The van der Waals surface area contributed by atoms with Crippen molar-refractivity contribution in [1.29, 1.82) is 0 Å². The van der Waals surface area contributed by atoms with Gasteiger partial charge in [0.15, 0.2) is 0 Å². The van der Waals surface area contributed by atoms with Crippen LogP contribution < -0.4 is 10.5 Å². The van der Waals surface area contributed by atoms with Crippen molar-refractivity contribution in [3.63, 3.8) is 0 Å². The summed E-state index contributed by atoms with van der Waals surface area (Å²) in [6.07, 6.45) is 2.15. The van der Waals surface area contributed by atoms with E-state index >= 15 is 0 Å². The Bertz CT molecular complexity index is 334. The van der Waals surface area contributed by atoms with Crippen LogP contribution in [0.1, 0.15) is 42.5 Å². The number of rotatable bonds is 4. The molecule has 1 unspecified atom stereocenters. The van der Waals surface area contributed by atoms with Crippen LogP contribution in [0.4, 0.5) is 0 Å². The van der Waals surface area contributed by atoms with Crippen LogP contribution in [0.25, 0.3) is 0 Å². The molecule has 0 bridgehead atoms. The summed E-state index contributed by atoms with van der Waals surface area (Å²) < 4.78 is 5.28. The summed E-state index contributed by atoms with van der Waals surface area (Å²) in [6.45, 7) is 6.30. The maximum absolute atomic E-state index is 6.13. The van der Waals surface area contributed by atoms with Gasteiger partial charge in [0, 0.05) is 6.04 Å². The molecule has 2 N–H and O–H groups in total. The highest BCUT2D eigenvalue weighted by atomic mass is 16.5. The van der Waals surface area contributed by atoms with Crippen LogP contribution in [0, 0.1) is 13.8 Å². The average Bonchev–Trinajstić information content (AvgIpc) is 2.21. The van der Waals surface area contributed by atoms with E-state index in [-0.39, 0.29) is 6.04 Å². The number of methoxy groups -OCH3 is 1. The summed E-state index contributed by atoms with van der Waals surface area (Å²) in [5.41, 5.74) is 9.75. The Morgan fingerprint density at radius 2 is 1.93 bits per heavy atom. The lowest BCUT2D eigenvalue weighted by atomic mass is 9.96. The van der Waals surface area contributed by atoms with Crippen molar-refractivity contribution in [3.05, 3.63) is 28.8 Å². The second kappa shape index (κ2) is 5.17. The van der Waals surface area contributed by atoms with Gasteiger partial charge in [0.05, 0.1) is 7.11 Å². The first-order valence-corrected chi connectivity index (χ1v) is 5.50. The van der Waals surface area contributed by atoms with Gasteiger partial charge < -0.3 is 10.5 Å². The minimum absolute atomic E-state index is 0.152. The smallest absolute Gasteiger partial charge is 0.122 e. The van der Waals surface area contributed by atoms with Gasteiger partial charge >= 0.3 is 0 Å². The van der Waals surface area contributed by atoms with Crippen molar-refractivity contribution in [3.8, 4) is 5.75 Å². The number of hydrogen-bond acceptors (Lipinski definition) is 2. The molecule has 0 heterocycles. The minimum atomic E-state index is 0.152. The molecule has 1 aromatic rings. The molecule has 0 aliphatic carbocycles. The topological polar surface area (TPSA) is 35.2 Å². The number of nitrogens with two attached hydrogens (primary N) is 1. The van der Waals surface area contributed by atoms with Crippen LogP contribution in [0.3, 0.4) is 0 Å². The van der Waals surface area contributed by atoms with E-state index in [1.165, 1.54) is 11.1 Å². The molecular weight excluding hydrogens is 186 g/mol. The summed E-state index contributed by atoms with van der Waals surface area (Å²) in [7, 11) is 1.70. The first kappa shape index (κ1) is 12.1. The molecule has 0 radical (unpaired) electrons. The molecule has 0 fully saturated rings. The molecule has 84 valence electrons. The zero-order valence-electron chi connectivity index (χ0n) is 10.1. The normalized spacial score (nSPS) is 12.6. The Kier molecular flexibility index (Phi) is 4.15. The fourth-order valence-electron chi connectivity index (χ4n) is 1.90. The molecule has 0 aliphatic rings. The Morgan fingerprint density at radius 1 is 1.27 bits per heavy atom. The fraction of sp³-hybridized carbons (Fsp3) is 0.538. The fourth-order valence-corrected chi connectivity index (χ4v) is 1.90. The summed E-state index contributed by atoms with van der Waals surface area (Å²) in [4.78, 5) is 0. The number of aryl methyl sites for hydroxylation is 2. The third-order valence-corrected chi connectivity index (χ3v) is 2.78. The van der Waals surface area contributed by atoms with E-state index in [0.717, 1.165) is 24.2 Å². The zero-order valence-corrected chi connectivity index (χ0v) is 10.1. The van der Waals surface area contributed by atoms with E-state index < -0.39 is 0 Å². The SMILES string of the molecule is CCCC(N)c1cc(C)c(OC)cc1C. The monoisotopic (exact) mass is 207 g/mol. The lowest BCUT2D eigenvalue weighted by Crippen LogP contribution is -2.11. The van der Waals surface area contributed by atoms with Crippen LogP contribution >= 0.6 is 0 Å². The Balaban J connectivity index is 3.04. The zero-order chi connectivity index (χ0) is 11.4. The molecule has 0 spiro atoms. The van der Waals surface area contributed by atoms with E-state index in [4.69, 9.17) is 10.5 Å². The van der Waals surface area contributed by atoms with Crippen molar-refractivity contribution in [2.24, 2.45) is 5.73 Å². The molecule has 0 saturated carbocycles. The van der Waals surface area contributed by atoms with Gasteiger partial charge in [-0.05, 0) is 43.0 Å². The van der Waals surface area contributed by atoms with Crippen LogP contribution in [-0.4, -0.2) is 7.11 Å². The van der Waals surface area contributed by atoms with Crippen LogP contribution in [0.5, 0.6) is 5.75 Å². The van der Waals surface area contributed by atoms with E-state index in [1.54, 1.807) is 7.11 Å². The lowest BCUT2D eigenvalue weighted by Gasteiger charge is -2.16. The lowest BCUT2D eigenvalue weighted by molar-refractivity contribution is 0.411. The highest BCUT2D eigenvalue weighted by Gasteiger charge is 2.10. The van der Waals surface area contributed by atoms with Crippen LogP contribution in [-0.2, 0) is 0 Å². The largest absolute Gasteiger partial charge is 0.496 e. The number of ether oxygens (including phenoxy) is 1. The summed E-state index contributed by atoms with van der Waals surface area (Å²) in [5.74, 6) is 0.944. The molecule has 15 heavy (non-hydrogen) atoms. The molecule has 2 heteroatoms. The summed E-state index contributed by atoms with van der Waals surface area (Å²) in [6, 6.07) is 4.37. The molecular formula is C13H21NO. The van der Waals surface area contributed by atoms with Crippen molar-refractivity contribution in [1.82, 2.24) is 0 Å². The van der Waals surface area contributed by atoms with Gasteiger partial charge in [-0.25, -0.2) is 0 Å². The number of hydrogen-bond donors (Lipinski definition) is 1. The van der Waals surface area contributed by atoms with Crippen molar-refractivity contribution in [2.45, 2.75) is 39.7 Å². The Hall–Kier alpha value is -1.02. The van der Waals surface area contributed by atoms with Gasteiger partial charge in [-0.15, -0.1) is 0 Å². The van der Waals surface area contributed by atoms with Gasteiger partial charge in [0.1, 0.15) is 5.75 Å². The first-order valence-electron chi connectivity index (χ1n) is 5.50. The van der Waals surface area contributed by atoms with Crippen molar-refractivity contribution >= 4 is 0 Å². The summed E-state index contributed by atoms with van der Waals surface area (Å²) in [5, 5.41) is 0.